The Morgan fingerprint density at radius 2 is 1.86 bits per heavy atom. The zero-order valence-corrected chi connectivity index (χ0v) is 13.0. The van der Waals surface area contributed by atoms with Crippen molar-refractivity contribution in [3.05, 3.63) is 12.7 Å². The molecule has 2 rings (SSSR count). The van der Waals surface area contributed by atoms with E-state index in [1.807, 2.05) is 6.08 Å². The number of hydrogen-bond acceptors (Lipinski definition) is 4. The predicted molar refractivity (Wildman–Crippen MR) is 78.3 cm³/mol. The third-order valence-corrected chi connectivity index (χ3v) is 4.05. The lowest BCUT2D eigenvalue weighted by atomic mass is 9.95. The lowest BCUT2D eigenvalue weighted by Gasteiger charge is -2.24. The predicted octanol–water partition coefficient (Wildman–Crippen LogP) is 1.41. The zero-order chi connectivity index (χ0) is 15.8. The summed E-state index contributed by atoms with van der Waals surface area (Å²) < 4.78 is 5.37. The maximum atomic E-state index is 12.3. The van der Waals surface area contributed by atoms with Crippen LogP contribution in [-0.4, -0.2) is 34.7 Å². The summed E-state index contributed by atoms with van der Waals surface area (Å²) in [6, 6.07) is 0.132. The van der Waals surface area contributed by atoms with Gasteiger partial charge in [-0.15, -0.1) is 6.58 Å². The molecule has 1 amide bonds. The summed E-state index contributed by atoms with van der Waals surface area (Å²) in [4.78, 5) is 24.5. The fraction of sp³-hybridized carbons (Fsp3) is 0.750. The van der Waals surface area contributed by atoms with Crippen LogP contribution in [0.2, 0.25) is 0 Å². The van der Waals surface area contributed by atoms with E-state index in [4.69, 9.17) is 4.74 Å². The standard InChI is InChI=1S/C16H25NO4/c1-5-9-6-13(9)17-14(19)11-7-10(18)8-12(11)15(20)21-16(2,3)4/h5,9-13,18H,1,6-8H2,2-4H3,(H,17,19). The number of hydrogen-bond donors (Lipinski definition) is 2. The molecule has 2 N–H and O–H groups in total. The quantitative estimate of drug-likeness (QED) is 0.607. The molecule has 0 aromatic rings. The van der Waals surface area contributed by atoms with Crippen molar-refractivity contribution in [2.24, 2.45) is 17.8 Å². The first kappa shape index (κ1) is 16.0. The number of rotatable bonds is 4. The van der Waals surface area contributed by atoms with Gasteiger partial charge >= 0.3 is 5.97 Å². The molecule has 2 aliphatic rings. The molecule has 2 aliphatic carbocycles. The zero-order valence-electron chi connectivity index (χ0n) is 13.0. The number of amides is 1. The molecule has 0 aromatic heterocycles. The van der Waals surface area contributed by atoms with Gasteiger partial charge in [0.1, 0.15) is 5.60 Å². The van der Waals surface area contributed by atoms with Crippen LogP contribution < -0.4 is 5.32 Å². The van der Waals surface area contributed by atoms with Crippen LogP contribution in [0.25, 0.3) is 0 Å². The molecule has 0 radical (unpaired) electrons. The van der Waals surface area contributed by atoms with Gasteiger partial charge in [0.05, 0.1) is 17.9 Å². The molecule has 0 bridgehead atoms. The monoisotopic (exact) mass is 295 g/mol. The molecule has 0 aliphatic heterocycles. The van der Waals surface area contributed by atoms with Crippen molar-refractivity contribution in [3.63, 3.8) is 0 Å². The van der Waals surface area contributed by atoms with Gasteiger partial charge in [0.15, 0.2) is 0 Å². The summed E-state index contributed by atoms with van der Waals surface area (Å²) in [5.74, 6) is -1.27. The van der Waals surface area contributed by atoms with Crippen LogP contribution >= 0.6 is 0 Å². The first-order valence-corrected chi connectivity index (χ1v) is 7.55. The summed E-state index contributed by atoms with van der Waals surface area (Å²) in [7, 11) is 0. The van der Waals surface area contributed by atoms with Gasteiger partial charge in [0, 0.05) is 6.04 Å². The molecule has 0 spiro atoms. The van der Waals surface area contributed by atoms with Crippen molar-refractivity contribution < 1.29 is 19.4 Å². The largest absolute Gasteiger partial charge is 0.460 e. The highest BCUT2D eigenvalue weighted by atomic mass is 16.6. The third-order valence-electron chi connectivity index (χ3n) is 4.05. The minimum Gasteiger partial charge on any atom is -0.460 e. The van der Waals surface area contributed by atoms with Gasteiger partial charge in [0.2, 0.25) is 5.91 Å². The lowest BCUT2D eigenvalue weighted by molar-refractivity contribution is -0.163. The van der Waals surface area contributed by atoms with Crippen molar-refractivity contribution in [2.75, 3.05) is 0 Å². The Morgan fingerprint density at radius 1 is 1.24 bits per heavy atom. The molecule has 2 fully saturated rings. The second-order valence-corrected chi connectivity index (χ2v) is 7.12. The summed E-state index contributed by atoms with van der Waals surface area (Å²) in [6.07, 6.45) is 2.73. The van der Waals surface area contributed by atoms with Gasteiger partial charge in [-0.3, -0.25) is 9.59 Å². The molecule has 21 heavy (non-hydrogen) atoms. The van der Waals surface area contributed by atoms with Crippen molar-refractivity contribution >= 4 is 11.9 Å². The first-order valence-electron chi connectivity index (χ1n) is 7.55. The Bertz CT molecular complexity index is 440. The number of ether oxygens (including phenoxy) is 1. The number of aliphatic hydroxyl groups is 1. The van der Waals surface area contributed by atoms with Crippen LogP contribution in [0.3, 0.4) is 0 Å². The maximum absolute atomic E-state index is 12.3. The number of carbonyl (C=O) groups is 2. The minimum atomic E-state index is -0.618. The van der Waals surface area contributed by atoms with E-state index >= 15 is 0 Å². The second kappa shape index (κ2) is 5.79. The van der Waals surface area contributed by atoms with E-state index < -0.39 is 29.5 Å². The van der Waals surface area contributed by atoms with Crippen LogP contribution in [0.1, 0.15) is 40.0 Å². The van der Waals surface area contributed by atoms with Crippen LogP contribution in [0, 0.1) is 17.8 Å². The molecule has 5 unspecified atom stereocenters. The fourth-order valence-corrected chi connectivity index (χ4v) is 2.87. The molecule has 2 saturated carbocycles. The summed E-state index contributed by atoms with van der Waals surface area (Å²) in [5, 5.41) is 12.7. The average Bonchev–Trinajstić information content (AvgIpc) is 2.97. The average molecular weight is 295 g/mol. The maximum Gasteiger partial charge on any atom is 0.310 e. The van der Waals surface area contributed by atoms with Crippen molar-refractivity contribution in [2.45, 2.75) is 57.8 Å². The van der Waals surface area contributed by atoms with Crippen molar-refractivity contribution in [3.8, 4) is 0 Å². The highest BCUT2D eigenvalue weighted by molar-refractivity contribution is 5.86. The first-order chi connectivity index (χ1) is 9.71. The Labute approximate surface area is 125 Å². The Balaban J connectivity index is 1.97. The normalized spacial score (nSPS) is 35.1. The van der Waals surface area contributed by atoms with E-state index in [0.29, 0.717) is 18.8 Å². The number of nitrogens with one attached hydrogen (secondary N) is 1. The smallest absolute Gasteiger partial charge is 0.310 e. The molecule has 118 valence electrons. The van der Waals surface area contributed by atoms with Gasteiger partial charge in [-0.25, -0.2) is 0 Å². The summed E-state index contributed by atoms with van der Waals surface area (Å²) >= 11 is 0. The molecule has 5 nitrogen and oxygen atoms in total. The Hall–Kier alpha value is -1.36. The van der Waals surface area contributed by atoms with E-state index in [2.05, 4.69) is 11.9 Å². The van der Waals surface area contributed by atoms with E-state index in [1.54, 1.807) is 20.8 Å². The SMILES string of the molecule is C=CC1CC1NC(=O)C1CC(O)CC1C(=O)OC(C)(C)C. The Morgan fingerprint density at radius 3 is 2.38 bits per heavy atom. The lowest BCUT2D eigenvalue weighted by Crippen LogP contribution is -2.39. The van der Waals surface area contributed by atoms with E-state index in [0.717, 1.165) is 6.42 Å². The van der Waals surface area contributed by atoms with Gasteiger partial charge in [-0.1, -0.05) is 6.08 Å². The topological polar surface area (TPSA) is 75.6 Å². The molecule has 0 heterocycles. The van der Waals surface area contributed by atoms with E-state index in [-0.39, 0.29) is 11.9 Å². The summed E-state index contributed by atoms with van der Waals surface area (Å²) in [6.45, 7) is 9.10. The molecular formula is C16H25NO4. The van der Waals surface area contributed by atoms with Gasteiger partial charge in [-0.2, -0.15) is 0 Å². The molecule has 5 heteroatoms. The van der Waals surface area contributed by atoms with Crippen LogP contribution in [-0.2, 0) is 14.3 Å². The molecule has 5 atom stereocenters. The number of esters is 1. The highest BCUT2D eigenvalue weighted by Gasteiger charge is 2.46. The second-order valence-electron chi connectivity index (χ2n) is 7.12. The van der Waals surface area contributed by atoms with Crippen molar-refractivity contribution in [1.29, 1.82) is 0 Å². The van der Waals surface area contributed by atoms with Crippen LogP contribution in [0.4, 0.5) is 0 Å². The highest BCUT2D eigenvalue weighted by Crippen LogP contribution is 2.36. The Kier molecular flexibility index (Phi) is 4.42. The number of aliphatic hydroxyl groups excluding tert-OH is 1. The van der Waals surface area contributed by atoms with E-state index in [1.165, 1.54) is 0 Å². The molecule has 0 saturated heterocycles. The fourth-order valence-electron chi connectivity index (χ4n) is 2.87. The van der Waals surface area contributed by atoms with E-state index in [9.17, 15) is 14.7 Å². The van der Waals surface area contributed by atoms with Gasteiger partial charge in [0.25, 0.3) is 0 Å². The van der Waals surface area contributed by atoms with Crippen LogP contribution in [0.5, 0.6) is 0 Å². The molecular weight excluding hydrogens is 270 g/mol. The van der Waals surface area contributed by atoms with Gasteiger partial charge in [-0.05, 0) is 46.0 Å². The summed E-state index contributed by atoms with van der Waals surface area (Å²) in [5.41, 5.74) is -0.587. The van der Waals surface area contributed by atoms with Gasteiger partial charge < -0.3 is 15.2 Å². The molecule has 0 aromatic carbocycles. The van der Waals surface area contributed by atoms with Crippen LogP contribution in [0.15, 0.2) is 12.7 Å². The van der Waals surface area contributed by atoms with Crippen molar-refractivity contribution in [1.82, 2.24) is 5.32 Å². The third kappa shape index (κ3) is 4.06. The minimum absolute atomic E-state index is 0.132. The number of carbonyl (C=O) groups excluding carboxylic acids is 2.